The topological polar surface area (TPSA) is 84.3 Å². The van der Waals surface area contributed by atoms with E-state index in [4.69, 9.17) is 4.74 Å². The molecule has 38 heavy (non-hydrogen) atoms. The second kappa shape index (κ2) is 10.7. The summed E-state index contributed by atoms with van der Waals surface area (Å²) in [6.07, 6.45) is -2.22. The van der Waals surface area contributed by atoms with Gasteiger partial charge in [-0.3, -0.25) is 4.79 Å². The second-order valence-electron chi connectivity index (χ2n) is 9.25. The van der Waals surface area contributed by atoms with Crippen LogP contribution in [0.25, 0.3) is 22.2 Å². The molecule has 0 unspecified atom stereocenters. The van der Waals surface area contributed by atoms with E-state index in [1.165, 1.54) is 6.92 Å². The molecule has 0 aliphatic heterocycles. The molecular weight excluding hydrogens is 497 g/mol. The monoisotopic (exact) mass is 526 g/mol. The average molecular weight is 527 g/mol. The normalized spacial score (nSPS) is 11.7. The van der Waals surface area contributed by atoms with Gasteiger partial charge in [-0.2, -0.15) is 13.2 Å². The third-order valence-corrected chi connectivity index (χ3v) is 5.90. The minimum Gasteiger partial charge on any atom is -0.490 e. The number of rotatable bonds is 8. The largest absolute Gasteiger partial charge is 0.490 e. The van der Waals surface area contributed by atoms with E-state index in [9.17, 15) is 18.0 Å². The average Bonchev–Trinajstić information content (AvgIpc) is 3.16. The van der Waals surface area contributed by atoms with Crippen LogP contribution in [0.15, 0.2) is 48.8 Å². The molecule has 1 amide bonds. The first-order chi connectivity index (χ1) is 17.9. The Kier molecular flexibility index (Phi) is 7.58. The zero-order chi connectivity index (χ0) is 27.6. The van der Waals surface area contributed by atoms with Crippen LogP contribution in [0.2, 0.25) is 0 Å². The van der Waals surface area contributed by atoms with Crippen LogP contribution in [0, 0.1) is 6.92 Å². The van der Waals surface area contributed by atoms with Crippen LogP contribution in [0.4, 0.5) is 30.5 Å². The number of carbonyl (C=O) groups excluding carboxylic acids is 1. The number of aryl methyl sites for hydroxylation is 2. The molecule has 200 valence electrons. The number of halogens is 3. The number of likely N-dealkylation sites (N-methyl/N-ethyl adjacent to an activating group) is 1. The number of para-hydroxylation sites is 1. The number of alkyl halides is 3. The van der Waals surface area contributed by atoms with Crippen molar-refractivity contribution in [3.8, 4) is 17.0 Å². The van der Waals surface area contributed by atoms with E-state index in [2.05, 4.69) is 20.6 Å². The molecule has 0 saturated heterocycles. The minimum atomic E-state index is -4.65. The van der Waals surface area contributed by atoms with Crippen molar-refractivity contribution in [2.75, 3.05) is 37.9 Å². The Balaban J connectivity index is 1.73. The fraction of sp³-hybridized carbons (Fsp3) is 0.296. The molecule has 2 aromatic heterocycles. The highest BCUT2D eigenvalue weighted by Crippen LogP contribution is 2.40. The highest BCUT2D eigenvalue weighted by atomic mass is 19.4. The number of fused-ring (bicyclic) bond motifs is 1. The van der Waals surface area contributed by atoms with Crippen LogP contribution in [0.5, 0.6) is 5.75 Å². The summed E-state index contributed by atoms with van der Waals surface area (Å²) in [5, 5.41) is 6.35. The molecule has 2 N–H and O–H groups in total. The van der Waals surface area contributed by atoms with Crippen LogP contribution in [-0.4, -0.2) is 52.6 Å². The third kappa shape index (κ3) is 5.88. The Morgan fingerprint density at radius 1 is 1.18 bits per heavy atom. The zero-order valence-corrected chi connectivity index (χ0v) is 21.8. The summed E-state index contributed by atoms with van der Waals surface area (Å²) >= 11 is 0. The van der Waals surface area contributed by atoms with Crippen molar-refractivity contribution in [2.45, 2.75) is 20.0 Å². The van der Waals surface area contributed by atoms with Gasteiger partial charge in [-0.15, -0.1) is 0 Å². The van der Waals surface area contributed by atoms with Gasteiger partial charge < -0.3 is 24.8 Å². The van der Waals surface area contributed by atoms with E-state index >= 15 is 0 Å². The quantitative estimate of drug-likeness (QED) is 0.311. The van der Waals surface area contributed by atoms with Crippen molar-refractivity contribution in [2.24, 2.45) is 7.05 Å². The number of ether oxygens (including phenoxy) is 1. The number of nitrogens with one attached hydrogen (secondary N) is 2. The highest BCUT2D eigenvalue weighted by Gasteiger charge is 2.36. The Hall–Kier alpha value is -4.12. The summed E-state index contributed by atoms with van der Waals surface area (Å²) in [5.41, 5.74) is 1.85. The molecule has 0 atom stereocenters. The molecule has 4 rings (SSSR count). The number of amides is 1. The minimum absolute atomic E-state index is 0.0206. The smallest absolute Gasteiger partial charge is 0.419 e. The molecular formula is C27H29F3N6O2. The van der Waals surface area contributed by atoms with Gasteiger partial charge in [0.05, 0.1) is 16.9 Å². The first-order valence-corrected chi connectivity index (χ1v) is 11.9. The van der Waals surface area contributed by atoms with Gasteiger partial charge in [-0.05, 0) is 44.8 Å². The Morgan fingerprint density at radius 3 is 2.63 bits per heavy atom. The van der Waals surface area contributed by atoms with Crippen LogP contribution < -0.4 is 15.4 Å². The first kappa shape index (κ1) is 26.9. The molecule has 11 heteroatoms. The van der Waals surface area contributed by atoms with Crippen LogP contribution in [-0.2, 0) is 18.0 Å². The van der Waals surface area contributed by atoms with Crippen molar-refractivity contribution in [3.63, 3.8) is 0 Å². The molecule has 0 aliphatic carbocycles. The van der Waals surface area contributed by atoms with Gasteiger partial charge in [0, 0.05) is 49.5 Å². The molecule has 0 saturated carbocycles. The van der Waals surface area contributed by atoms with Crippen molar-refractivity contribution >= 4 is 34.1 Å². The van der Waals surface area contributed by atoms with E-state index in [1.807, 2.05) is 32.0 Å². The predicted molar refractivity (Wildman–Crippen MR) is 142 cm³/mol. The van der Waals surface area contributed by atoms with Crippen LogP contribution in [0.1, 0.15) is 18.1 Å². The summed E-state index contributed by atoms with van der Waals surface area (Å²) in [4.78, 5) is 22.0. The Bertz CT molecular complexity index is 1480. The maximum Gasteiger partial charge on any atom is 0.419 e. The Labute approximate surface area is 218 Å². The summed E-state index contributed by atoms with van der Waals surface area (Å²) in [7, 11) is 5.63. The lowest BCUT2D eigenvalue weighted by atomic mass is 10.0. The number of nitrogens with zero attached hydrogens (tertiary/aromatic N) is 4. The molecule has 0 bridgehead atoms. The molecule has 0 radical (unpaired) electrons. The first-order valence-electron chi connectivity index (χ1n) is 11.9. The van der Waals surface area contributed by atoms with Gasteiger partial charge in [0.15, 0.2) is 0 Å². The van der Waals surface area contributed by atoms with Crippen molar-refractivity contribution in [1.29, 1.82) is 0 Å². The van der Waals surface area contributed by atoms with E-state index in [-0.39, 0.29) is 17.5 Å². The van der Waals surface area contributed by atoms with Crippen molar-refractivity contribution in [1.82, 2.24) is 19.4 Å². The molecule has 0 fully saturated rings. The molecule has 2 aromatic carbocycles. The molecule has 8 nitrogen and oxygen atoms in total. The Morgan fingerprint density at radius 2 is 1.95 bits per heavy atom. The third-order valence-electron chi connectivity index (χ3n) is 5.90. The standard InChI is InChI=1S/C27H29F3N6O2/c1-16-7-6-8-19-20(15-36(5)25(16)19)24-21(27(28,29)30)14-31-26(34-24)33-18-9-10-23(38-12-11-35(3)4)22(13-18)32-17(2)37/h6-10,13-15H,11-12H2,1-5H3,(H,32,37)(H,31,33,34). The summed E-state index contributed by atoms with van der Waals surface area (Å²) < 4.78 is 49.5. The molecule has 4 aromatic rings. The van der Waals surface area contributed by atoms with Gasteiger partial charge >= 0.3 is 6.18 Å². The number of benzene rings is 2. The lowest BCUT2D eigenvalue weighted by Gasteiger charge is -2.16. The van der Waals surface area contributed by atoms with Gasteiger partial charge in [0.25, 0.3) is 0 Å². The second-order valence-corrected chi connectivity index (χ2v) is 9.25. The summed E-state index contributed by atoms with van der Waals surface area (Å²) in [6, 6.07) is 10.5. The van der Waals surface area contributed by atoms with Gasteiger partial charge in [-0.25, -0.2) is 9.97 Å². The number of anilines is 3. The van der Waals surface area contributed by atoms with E-state index in [1.54, 1.807) is 48.1 Å². The predicted octanol–water partition coefficient (Wildman–Crippen LogP) is 5.60. The SMILES string of the molecule is CC(=O)Nc1cc(Nc2ncc(C(F)(F)F)c(-c3cn(C)c4c(C)cccc34)n2)ccc1OCCN(C)C. The fourth-order valence-corrected chi connectivity index (χ4v) is 4.20. The van der Waals surface area contributed by atoms with Gasteiger partial charge in [0.2, 0.25) is 11.9 Å². The van der Waals surface area contributed by atoms with E-state index < -0.39 is 11.7 Å². The molecule has 2 heterocycles. The van der Waals surface area contributed by atoms with Crippen molar-refractivity contribution in [3.05, 3.63) is 59.9 Å². The van der Waals surface area contributed by atoms with Crippen LogP contribution >= 0.6 is 0 Å². The zero-order valence-electron chi connectivity index (χ0n) is 21.8. The number of carbonyl (C=O) groups is 1. The maximum atomic E-state index is 14.0. The number of hydrogen-bond acceptors (Lipinski definition) is 6. The number of hydrogen-bond donors (Lipinski definition) is 2. The maximum absolute atomic E-state index is 14.0. The fourth-order valence-electron chi connectivity index (χ4n) is 4.20. The van der Waals surface area contributed by atoms with Crippen LogP contribution in [0.3, 0.4) is 0 Å². The van der Waals surface area contributed by atoms with Gasteiger partial charge in [0.1, 0.15) is 17.9 Å². The lowest BCUT2D eigenvalue weighted by molar-refractivity contribution is -0.137. The summed E-state index contributed by atoms with van der Waals surface area (Å²) in [6.45, 7) is 4.36. The molecule has 0 spiro atoms. The highest BCUT2D eigenvalue weighted by molar-refractivity contribution is 5.97. The summed E-state index contributed by atoms with van der Waals surface area (Å²) in [5.74, 6) is 0.152. The molecule has 0 aliphatic rings. The van der Waals surface area contributed by atoms with E-state index in [0.29, 0.717) is 41.2 Å². The van der Waals surface area contributed by atoms with Gasteiger partial charge in [-0.1, -0.05) is 18.2 Å². The number of aromatic nitrogens is 3. The lowest BCUT2D eigenvalue weighted by Crippen LogP contribution is -2.20. The van der Waals surface area contributed by atoms with Crippen molar-refractivity contribution < 1.29 is 22.7 Å². The van der Waals surface area contributed by atoms with E-state index in [0.717, 1.165) is 17.3 Å².